The van der Waals surface area contributed by atoms with Crippen LogP contribution in [0.15, 0.2) is 43.5 Å². The van der Waals surface area contributed by atoms with Gasteiger partial charge in [0.1, 0.15) is 6.04 Å². The van der Waals surface area contributed by atoms with Crippen molar-refractivity contribution in [2.75, 3.05) is 38.2 Å². The number of aryl methyl sites for hydroxylation is 2. The van der Waals surface area contributed by atoms with Crippen molar-refractivity contribution in [2.45, 2.75) is 49.7 Å². The van der Waals surface area contributed by atoms with Gasteiger partial charge in [-0.3, -0.25) is 14.4 Å². The minimum atomic E-state index is -0.719. The lowest BCUT2D eigenvalue weighted by molar-refractivity contribution is -0.143. The molecule has 1 N–H and O–H groups in total. The quantitative estimate of drug-likeness (QED) is 0.475. The van der Waals surface area contributed by atoms with E-state index in [0.717, 1.165) is 23.2 Å². The molecular formula is C29H39N3O4S. The molecule has 8 heteroatoms. The molecule has 0 aliphatic carbocycles. The lowest BCUT2D eigenvalue weighted by Gasteiger charge is -2.41. The van der Waals surface area contributed by atoms with E-state index >= 15 is 0 Å². The van der Waals surface area contributed by atoms with Crippen molar-refractivity contribution in [3.05, 3.63) is 54.6 Å². The number of amides is 3. The van der Waals surface area contributed by atoms with Crippen molar-refractivity contribution in [1.29, 1.82) is 0 Å². The highest BCUT2D eigenvalue weighted by Crippen LogP contribution is 2.68. The summed E-state index contributed by atoms with van der Waals surface area (Å²) >= 11 is 1.67. The number of aliphatic hydroxyl groups excluding tert-OH is 1. The van der Waals surface area contributed by atoms with Gasteiger partial charge in [-0.15, -0.1) is 24.9 Å². The van der Waals surface area contributed by atoms with Crippen molar-refractivity contribution in [2.24, 2.45) is 17.8 Å². The van der Waals surface area contributed by atoms with Crippen LogP contribution in [0.2, 0.25) is 0 Å². The molecule has 4 rings (SSSR count). The fraction of sp³-hybridized carbons (Fsp3) is 0.552. The maximum atomic E-state index is 14.6. The first-order valence-corrected chi connectivity index (χ1v) is 14.0. The smallest absolute Gasteiger partial charge is 0.251 e. The van der Waals surface area contributed by atoms with Gasteiger partial charge in [-0.1, -0.05) is 31.2 Å². The van der Waals surface area contributed by atoms with E-state index in [1.165, 1.54) is 0 Å². The average molecular weight is 526 g/mol. The molecule has 0 saturated carbocycles. The second-order valence-corrected chi connectivity index (χ2v) is 12.2. The second-order valence-electron chi connectivity index (χ2n) is 10.7. The molecule has 3 unspecified atom stereocenters. The van der Waals surface area contributed by atoms with Crippen LogP contribution in [0.5, 0.6) is 0 Å². The number of rotatable bonds is 10. The van der Waals surface area contributed by atoms with Crippen molar-refractivity contribution < 1.29 is 19.5 Å². The molecule has 3 aliphatic rings. The number of likely N-dealkylation sites (tertiary alicyclic amines) is 1. The van der Waals surface area contributed by atoms with Crippen LogP contribution in [0.3, 0.4) is 0 Å². The highest BCUT2D eigenvalue weighted by Gasteiger charge is 2.76. The molecule has 6 atom stereocenters. The third-order valence-corrected chi connectivity index (χ3v) is 10.4. The van der Waals surface area contributed by atoms with Crippen molar-refractivity contribution in [3.8, 4) is 0 Å². The fourth-order valence-corrected chi connectivity index (χ4v) is 9.10. The van der Waals surface area contributed by atoms with Gasteiger partial charge in [-0.05, 0) is 49.8 Å². The van der Waals surface area contributed by atoms with Crippen LogP contribution in [0.1, 0.15) is 30.9 Å². The summed E-state index contributed by atoms with van der Waals surface area (Å²) in [4.78, 5) is 47.4. The van der Waals surface area contributed by atoms with E-state index < -0.39 is 22.6 Å². The van der Waals surface area contributed by atoms with E-state index in [9.17, 15) is 19.5 Å². The van der Waals surface area contributed by atoms with Crippen LogP contribution in [-0.4, -0.2) is 82.0 Å². The van der Waals surface area contributed by atoms with E-state index in [0.29, 0.717) is 19.5 Å². The standard InChI is InChI=1S/C29H39N3O4S/c1-7-12-30(6)26(34)23-22-17-20(5)29(37-22)24(23)27(35)32(14-9-15-33)25(29)28(36)31(13-8-2)21-16-18(3)10-11-19(21)4/h7-8,10-11,16,20,22-25,33H,1-2,9,12-15,17H2,3-6H3/t20?,22-,23+,24-,25?,29?/m0/s1. The number of hydrogen-bond donors (Lipinski definition) is 1. The lowest BCUT2D eigenvalue weighted by atomic mass is 9.65. The van der Waals surface area contributed by atoms with E-state index in [4.69, 9.17) is 0 Å². The molecule has 7 nitrogen and oxygen atoms in total. The molecule has 1 spiro atoms. The molecule has 0 radical (unpaired) electrons. The zero-order chi connectivity index (χ0) is 27.1. The third-order valence-electron chi connectivity index (χ3n) is 8.33. The number of likely N-dealkylation sites (N-methyl/N-ethyl adjacent to an activating group) is 1. The number of fused-ring (bicyclic) bond motifs is 1. The van der Waals surface area contributed by atoms with E-state index in [2.05, 4.69) is 20.1 Å². The first kappa shape index (κ1) is 27.5. The minimum absolute atomic E-state index is 0.00688. The Bertz CT molecular complexity index is 1110. The first-order valence-electron chi connectivity index (χ1n) is 13.1. The molecule has 3 heterocycles. The van der Waals surface area contributed by atoms with Gasteiger partial charge in [0.15, 0.2) is 0 Å². The van der Waals surface area contributed by atoms with Gasteiger partial charge in [0.2, 0.25) is 11.8 Å². The molecule has 3 fully saturated rings. The highest BCUT2D eigenvalue weighted by atomic mass is 32.2. The zero-order valence-corrected chi connectivity index (χ0v) is 23.2. The summed E-state index contributed by atoms with van der Waals surface area (Å²) in [5.74, 6) is -1.29. The lowest BCUT2D eigenvalue weighted by Crippen LogP contribution is -2.57. The predicted octanol–water partition coefficient (Wildman–Crippen LogP) is 3.19. The SMILES string of the molecule is C=CCN(C)C(=O)[C@@H]1[C@@H]2CC(C)C3(S2)C(C(=O)N(CC=C)c2cc(C)ccc2C)N(CCCO)C(=O)[C@H]13. The number of carbonyl (C=O) groups is 3. The molecule has 0 aromatic heterocycles. The Morgan fingerprint density at radius 2 is 1.92 bits per heavy atom. The van der Waals surface area contributed by atoms with Crippen molar-refractivity contribution in [1.82, 2.24) is 9.80 Å². The normalized spacial score (nSPS) is 29.8. The molecule has 3 aliphatic heterocycles. The zero-order valence-electron chi connectivity index (χ0n) is 22.4. The Labute approximate surface area is 224 Å². The van der Waals surface area contributed by atoms with E-state index in [1.807, 2.05) is 32.0 Å². The summed E-state index contributed by atoms with van der Waals surface area (Å²) in [6, 6.07) is 5.30. The summed E-state index contributed by atoms with van der Waals surface area (Å²) in [5.41, 5.74) is 2.82. The van der Waals surface area contributed by atoms with Crippen LogP contribution in [0.25, 0.3) is 0 Å². The van der Waals surface area contributed by atoms with Crippen LogP contribution < -0.4 is 4.90 Å². The van der Waals surface area contributed by atoms with Gasteiger partial charge >= 0.3 is 0 Å². The van der Waals surface area contributed by atoms with Gasteiger partial charge in [0, 0.05) is 44.2 Å². The number of nitrogens with zero attached hydrogens (tertiary/aromatic N) is 3. The Morgan fingerprint density at radius 3 is 2.57 bits per heavy atom. The highest BCUT2D eigenvalue weighted by molar-refractivity contribution is 8.02. The molecule has 2 bridgehead atoms. The minimum Gasteiger partial charge on any atom is -0.396 e. The van der Waals surface area contributed by atoms with Crippen LogP contribution in [0, 0.1) is 31.6 Å². The summed E-state index contributed by atoms with van der Waals surface area (Å²) in [6.45, 7) is 14.7. The number of carbonyl (C=O) groups excluding carboxylic acids is 3. The maximum Gasteiger partial charge on any atom is 0.251 e. The molecular weight excluding hydrogens is 486 g/mol. The Morgan fingerprint density at radius 1 is 1.22 bits per heavy atom. The average Bonchev–Trinajstić information content (AvgIpc) is 3.45. The van der Waals surface area contributed by atoms with Crippen molar-refractivity contribution in [3.63, 3.8) is 0 Å². The largest absolute Gasteiger partial charge is 0.396 e. The Hall–Kier alpha value is -2.58. The number of aliphatic hydroxyl groups is 1. The summed E-state index contributed by atoms with van der Waals surface area (Å²) in [7, 11) is 1.74. The van der Waals surface area contributed by atoms with Gasteiger partial charge in [0.25, 0.3) is 5.91 Å². The van der Waals surface area contributed by atoms with Crippen molar-refractivity contribution >= 4 is 35.2 Å². The van der Waals surface area contributed by atoms with Crippen LogP contribution in [-0.2, 0) is 14.4 Å². The van der Waals surface area contributed by atoms with Crippen LogP contribution >= 0.6 is 11.8 Å². The number of thioether (sulfide) groups is 1. The molecule has 3 saturated heterocycles. The molecule has 37 heavy (non-hydrogen) atoms. The summed E-state index contributed by atoms with van der Waals surface area (Å²) in [5, 5.41) is 9.60. The van der Waals surface area contributed by atoms with E-state index in [1.54, 1.807) is 45.7 Å². The topological polar surface area (TPSA) is 81.2 Å². The van der Waals surface area contributed by atoms with Gasteiger partial charge in [-0.2, -0.15) is 0 Å². The number of anilines is 1. The maximum absolute atomic E-state index is 14.6. The third kappa shape index (κ3) is 4.32. The predicted molar refractivity (Wildman–Crippen MR) is 148 cm³/mol. The molecule has 200 valence electrons. The fourth-order valence-electron chi connectivity index (χ4n) is 6.69. The molecule has 1 aromatic carbocycles. The van der Waals surface area contributed by atoms with Gasteiger partial charge < -0.3 is 19.8 Å². The number of hydrogen-bond acceptors (Lipinski definition) is 5. The van der Waals surface area contributed by atoms with Gasteiger partial charge in [-0.25, -0.2) is 0 Å². The van der Waals surface area contributed by atoms with E-state index in [-0.39, 0.29) is 42.0 Å². The monoisotopic (exact) mass is 525 g/mol. The summed E-state index contributed by atoms with van der Waals surface area (Å²) < 4.78 is -0.694. The molecule has 1 aromatic rings. The van der Waals surface area contributed by atoms with Crippen LogP contribution in [0.4, 0.5) is 5.69 Å². The van der Waals surface area contributed by atoms with Gasteiger partial charge in [0.05, 0.1) is 16.6 Å². The Balaban J connectivity index is 1.82. The second kappa shape index (κ2) is 10.7. The summed E-state index contributed by atoms with van der Waals surface area (Å²) in [6.07, 6.45) is 4.56. The number of benzene rings is 1. The molecule has 3 amide bonds. The Kier molecular flexibility index (Phi) is 7.91. The first-order chi connectivity index (χ1) is 17.6.